The number of hydrogen-bond donors (Lipinski definition) is 1. The number of benzene rings is 1. The summed E-state index contributed by atoms with van der Waals surface area (Å²) < 4.78 is 33.0. The molecule has 3 aliphatic rings. The van der Waals surface area contributed by atoms with Gasteiger partial charge in [-0.2, -0.15) is 0 Å². The van der Waals surface area contributed by atoms with Crippen molar-refractivity contribution in [3.05, 3.63) is 29.8 Å². The van der Waals surface area contributed by atoms with Crippen LogP contribution >= 0.6 is 0 Å². The molecular weight excluding hydrogens is 326 g/mol. The molecule has 3 fully saturated rings. The summed E-state index contributed by atoms with van der Waals surface area (Å²) in [5, 5.41) is 2.97. The number of anilines is 1. The lowest BCUT2D eigenvalue weighted by Crippen LogP contribution is -2.67. The van der Waals surface area contributed by atoms with Gasteiger partial charge >= 0.3 is 0 Å². The third-order valence-electron chi connectivity index (χ3n) is 6.41. The van der Waals surface area contributed by atoms with Gasteiger partial charge in [-0.25, -0.2) is 8.78 Å². The monoisotopic (exact) mass is 350 g/mol. The number of rotatable bonds is 1. The van der Waals surface area contributed by atoms with E-state index in [0.717, 1.165) is 57.8 Å². The molecule has 4 nitrogen and oxygen atoms in total. The first-order valence-corrected chi connectivity index (χ1v) is 9.13. The Kier molecular flexibility index (Phi) is 4.18. The van der Waals surface area contributed by atoms with Gasteiger partial charge in [0.15, 0.2) is 0 Å². The predicted octanol–water partition coefficient (Wildman–Crippen LogP) is 3.01. The van der Waals surface area contributed by atoms with Gasteiger partial charge in [0.2, 0.25) is 5.91 Å². The highest BCUT2D eigenvalue weighted by Gasteiger charge is 2.52. The van der Waals surface area contributed by atoms with E-state index < -0.39 is 17.2 Å². The molecule has 0 radical (unpaired) electrons. The number of hydrogen-bond acceptors (Lipinski definition) is 3. The van der Waals surface area contributed by atoms with Gasteiger partial charge < -0.3 is 15.0 Å². The van der Waals surface area contributed by atoms with E-state index in [4.69, 9.17) is 4.74 Å². The maximum Gasteiger partial charge on any atom is 0.245 e. The lowest BCUT2D eigenvalue weighted by molar-refractivity contribution is -0.131. The summed E-state index contributed by atoms with van der Waals surface area (Å²) in [5.74, 6) is -1.22. The van der Waals surface area contributed by atoms with E-state index in [-0.39, 0.29) is 11.3 Å². The van der Waals surface area contributed by atoms with E-state index in [1.54, 1.807) is 0 Å². The highest BCUT2D eigenvalue weighted by atomic mass is 19.1. The fourth-order valence-electron chi connectivity index (χ4n) is 4.85. The van der Waals surface area contributed by atoms with E-state index in [1.165, 1.54) is 12.1 Å². The number of carbonyl (C=O) groups is 1. The largest absolute Gasteiger partial charge is 0.381 e. The number of nitrogens with zero attached hydrogens (tertiary/aromatic N) is 1. The van der Waals surface area contributed by atoms with E-state index in [1.807, 2.05) is 4.90 Å². The van der Waals surface area contributed by atoms with Gasteiger partial charge in [0.1, 0.15) is 17.2 Å². The molecule has 0 bridgehead atoms. The molecular formula is C19H24F2N2O2. The summed E-state index contributed by atoms with van der Waals surface area (Å²) in [6.07, 6.45) is 5.43. The van der Waals surface area contributed by atoms with Crippen LogP contribution in [0.25, 0.3) is 0 Å². The van der Waals surface area contributed by atoms with Crippen LogP contribution in [0.4, 0.5) is 14.5 Å². The Balaban J connectivity index is 1.64. The quantitative estimate of drug-likeness (QED) is 0.847. The summed E-state index contributed by atoms with van der Waals surface area (Å²) in [6, 6.07) is 3.54. The minimum Gasteiger partial charge on any atom is -0.381 e. The van der Waals surface area contributed by atoms with Gasteiger partial charge in [-0.05, 0) is 56.1 Å². The van der Waals surface area contributed by atoms with Crippen molar-refractivity contribution in [3.63, 3.8) is 0 Å². The molecule has 136 valence electrons. The second-order valence-corrected chi connectivity index (χ2v) is 7.68. The van der Waals surface area contributed by atoms with E-state index in [2.05, 4.69) is 5.32 Å². The van der Waals surface area contributed by atoms with E-state index in [0.29, 0.717) is 18.8 Å². The maximum atomic E-state index is 13.7. The van der Waals surface area contributed by atoms with Crippen molar-refractivity contribution in [2.45, 2.75) is 44.1 Å². The standard InChI is InChI=1S/C19H24F2N2O2/c20-14-11-15(21)13-16(12-14)23-8-7-22-17(24)19(23)3-1-18(2-4-19)5-9-25-10-6-18/h11-13H,1-10H2,(H,22,24). The predicted molar refractivity (Wildman–Crippen MR) is 90.4 cm³/mol. The molecule has 0 aromatic heterocycles. The van der Waals surface area contributed by atoms with Gasteiger partial charge in [-0.15, -0.1) is 0 Å². The van der Waals surface area contributed by atoms with Gasteiger partial charge in [-0.3, -0.25) is 4.79 Å². The summed E-state index contributed by atoms with van der Waals surface area (Å²) in [4.78, 5) is 14.8. The van der Waals surface area contributed by atoms with Crippen LogP contribution in [-0.4, -0.2) is 37.7 Å². The zero-order valence-electron chi connectivity index (χ0n) is 14.3. The smallest absolute Gasteiger partial charge is 0.245 e. The van der Waals surface area contributed by atoms with Crippen LogP contribution in [0.3, 0.4) is 0 Å². The van der Waals surface area contributed by atoms with Gasteiger partial charge in [-0.1, -0.05) is 0 Å². The molecule has 1 N–H and O–H groups in total. The fourth-order valence-corrected chi connectivity index (χ4v) is 4.85. The maximum absolute atomic E-state index is 13.7. The highest BCUT2D eigenvalue weighted by molar-refractivity contribution is 5.91. The molecule has 1 aromatic carbocycles. The van der Waals surface area contributed by atoms with Crippen LogP contribution < -0.4 is 10.2 Å². The van der Waals surface area contributed by atoms with Gasteiger partial charge in [0, 0.05) is 38.1 Å². The zero-order chi connectivity index (χ0) is 17.5. The van der Waals surface area contributed by atoms with Crippen LogP contribution in [-0.2, 0) is 9.53 Å². The summed E-state index contributed by atoms with van der Waals surface area (Å²) >= 11 is 0. The van der Waals surface area contributed by atoms with Crippen molar-refractivity contribution in [2.24, 2.45) is 5.41 Å². The van der Waals surface area contributed by atoms with Crippen LogP contribution in [0.1, 0.15) is 38.5 Å². The van der Waals surface area contributed by atoms with Crippen molar-refractivity contribution in [1.82, 2.24) is 5.32 Å². The van der Waals surface area contributed by atoms with Crippen molar-refractivity contribution in [1.29, 1.82) is 0 Å². The summed E-state index contributed by atoms with van der Waals surface area (Å²) in [7, 11) is 0. The second kappa shape index (κ2) is 6.24. The number of halogens is 2. The van der Waals surface area contributed by atoms with Crippen molar-refractivity contribution >= 4 is 11.6 Å². The lowest BCUT2D eigenvalue weighted by atomic mass is 9.62. The molecule has 1 amide bonds. The van der Waals surface area contributed by atoms with Crippen LogP contribution in [0, 0.1) is 17.0 Å². The average molecular weight is 350 g/mol. The Morgan fingerprint density at radius 1 is 0.960 bits per heavy atom. The fraction of sp³-hybridized carbons (Fsp3) is 0.632. The minimum atomic E-state index is -0.692. The third-order valence-corrected chi connectivity index (χ3v) is 6.41. The van der Waals surface area contributed by atoms with E-state index >= 15 is 0 Å². The molecule has 1 aromatic rings. The Hall–Kier alpha value is -1.69. The Labute approximate surface area is 146 Å². The SMILES string of the molecule is O=C1NCCN(c2cc(F)cc(F)c2)C12CCC1(CCOCC1)CC2. The first-order chi connectivity index (χ1) is 12.0. The number of carbonyl (C=O) groups excluding carboxylic acids is 1. The van der Waals surface area contributed by atoms with Crippen LogP contribution in [0.5, 0.6) is 0 Å². The van der Waals surface area contributed by atoms with Crippen LogP contribution in [0.15, 0.2) is 18.2 Å². The highest BCUT2D eigenvalue weighted by Crippen LogP contribution is 2.50. The molecule has 0 atom stereocenters. The zero-order valence-corrected chi connectivity index (χ0v) is 14.3. The number of amides is 1. The average Bonchev–Trinajstić information content (AvgIpc) is 2.60. The normalized spacial score (nSPS) is 25.2. The van der Waals surface area contributed by atoms with Crippen molar-refractivity contribution < 1.29 is 18.3 Å². The van der Waals surface area contributed by atoms with Gasteiger partial charge in [0.25, 0.3) is 0 Å². The summed E-state index contributed by atoms with van der Waals surface area (Å²) in [5.41, 5.74) is 0.0394. The molecule has 2 heterocycles. The molecule has 2 aliphatic heterocycles. The molecule has 6 heteroatoms. The number of nitrogens with one attached hydrogen (secondary N) is 1. The second-order valence-electron chi connectivity index (χ2n) is 7.68. The molecule has 0 unspecified atom stereocenters. The van der Waals surface area contributed by atoms with Crippen molar-refractivity contribution in [2.75, 3.05) is 31.2 Å². The first-order valence-electron chi connectivity index (χ1n) is 9.13. The molecule has 2 saturated heterocycles. The topological polar surface area (TPSA) is 41.6 Å². The number of piperazine rings is 1. The molecule has 1 aliphatic carbocycles. The lowest BCUT2D eigenvalue weighted by Gasteiger charge is -2.54. The van der Waals surface area contributed by atoms with Gasteiger partial charge in [0.05, 0.1) is 0 Å². The Bertz CT molecular complexity index is 643. The Morgan fingerprint density at radius 2 is 1.60 bits per heavy atom. The number of ether oxygens (including phenoxy) is 1. The minimum absolute atomic E-state index is 0.00895. The van der Waals surface area contributed by atoms with Crippen molar-refractivity contribution in [3.8, 4) is 0 Å². The molecule has 2 spiro atoms. The third kappa shape index (κ3) is 2.90. The first kappa shape index (κ1) is 16.8. The molecule has 4 rings (SSSR count). The van der Waals surface area contributed by atoms with E-state index in [9.17, 15) is 13.6 Å². The summed E-state index contributed by atoms with van der Waals surface area (Å²) in [6.45, 7) is 2.65. The van der Waals surface area contributed by atoms with Crippen LogP contribution in [0.2, 0.25) is 0 Å². The Morgan fingerprint density at radius 3 is 2.24 bits per heavy atom. The molecule has 1 saturated carbocycles. The molecule has 25 heavy (non-hydrogen) atoms.